The van der Waals surface area contributed by atoms with E-state index in [-0.39, 0.29) is 19.4 Å². The molecule has 1 aromatic rings. The lowest BCUT2D eigenvalue weighted by Crippen LogP contribution is -2.37. The summed E-state index contributed by atoms with van der Waals surface area (Å²) in [4.78, 5) is 0. The van der Waals surface area contributed by atoms with Gasteiger partial charge in [-0.25, -0.2) is 4.39 Å². The summed E-state index contributed by atoms with van der Waals surface area (Å²) in [5.41, 5.74) is 5.73. The molecule has 92 valence electrons. The van der Waals surface area contributed by atoms with Gasteiger partial charge in [-0.3, -0.25) is 0 Å². The zero-order valence-corrected chi connectivity index (χ0v) is 9.65. The van der Waals surface area contributed by atoms with Crippen molar-refractivity contribution in [2.45, 2.75) is 26.0 Å². The third-order valence-electron chi connectivity index (χ3n) is 2.17. The lowest BCUT2D eigenvalue weighted by atomic mass is 10.2. The molecule has 3 nitrogen and oxygen atoms in total. The number of ether oxygens (including phenoxy) is 2. The summed E-state index contributed by atoms with van der Waals surface area (Å²) in [5, 5.41) is 0. The van der Waals surface area contributed by atoms with E-state index < -0.39 is 0 Å². The zero-order valence-electron chi connectivity index (χ0n) is 9.65. The molecule has 1 heterocycles. The predicted octanol–water partition coefficient (Wildman–Crippen LogP) is 2.20. The van der Waals surface area contributed by atoms with Crippen LogP contribution < -0.4 is 10.5 Å². The molecule has 0 saturated carbocycles. The lowest BCUT2D eigenvalue weighted by Gasteiger charge is -2.15. The summed E-state index contributed by atoms with van der Waals surface area (Å²) < 4.78 is 23.2. The second-order valence-corrected chi connectivity index (χ2v) is 3.31. The number of benzene rings is 1. The van der Waals surface area contributed by atoms with Crippen LogP contribution in [0.15, 0.2) is 24.3 Å². The molecular formula is C12H20FNO2. The Morgan fingerprint density at radius 1 is 1.31 bits per heavy atom. The van der Waals surface area contributed by atoms with Crippen molar-refractivity contribution in [1.82, 2.24) is 0 Å². The summed E-state index contributed by atoms with van der Waals surface area (Å²) >= 11 is 0. The molecule has 2 N–H and O–H groups in total. The molecule has 4 heteroatoms. The van der Waals surface area contributed by atoms with Crippen LogP contribution in [0.5, 0.6) is 5.75 Å². The Labute approximate surface area is 96.8 Å². The molecule has 1 fully saturated rings. The molecule has 1 aliphatic heterocycles. The van der Waals surface area contributed by atoms with Crippen molar-refractivity contribution in [2.24, 2.45) is 5.73 Å². The first kappa shape index (κ1) is 12.9. The van der Waals surface area contributed by atoms with Gasteiger partial charge in [0.1, 0.15) is 17.7 Å². The first-order chi connectivity index (χ1) is 7.75. The van der Waals surface area contributed by atoms with Gasteiger partial charge in [0.2, 0.25) is 0 Å². The van der Waals surface area contributed by atoms with Crippen LogP contribution in [0.3, 0.4) is 0 Å². The summed E-state index contributed by atoms with van der Waals surface area (Å²) in [6, 6.07) is 5.79. The summed E-state index contributed by atoms with van der Waals surface area (Å²) in [7, 11) is 0. The lowest BCUT2D eigenvalue weighted by molar-refractivity contribution is 0.140. The third kappa shape index (κ3) is 3.47. The molecule has 0 aliphatic carbocycles. The van der Waals surface area contributed by atoms with Crippen molar-refractivity contribution in [3.8, 4) is 5.75 Å². The van der Waals surface area contributed by atoms with Crippen LogP contribution in [-0.4, -0.2) is 25.4 Å². The van der Waals surface area contributed by atoms with E-state index in [0.29, 0.717) is 19.0 Å². The maximum absolute atomic E-state index is 12.6. The summed E-state index contributed by atoms with van der Waals surface area (Å²) in [6.45, 7) is 5.02. The molecule has 0 unspecified atom stereocenters. The molecule has 0 aromatic heterocycles. The van der Waals surface area contributed by atoms with Crippen LogP contribution in [0.4, 0.5) is 4.39 Å². The van der Waals surface area contributed by atoms with E-state index in [0.717, 1.165) is 0 Å². The van der Waals surface area contributed by atoms with E-state index in [9.17, 15) is 4.39 Å². The summed E-state index contributed by atoms with van der Waals surface area (Å²) in [5.74, 6) is 0.349. The smallest absolute Gasteiger partial charge is 0.139 e. The van der Waals surface area contributed by atoms with Gasteiger partial charge < -0.3 is 15.2 Å². The highest BCUT2D eigenvalue weighted by Crippen LogP contribution is 2.16. The van der Waals surface area contributed by atoms with Crippen LogP contribution >= 0.6 is 0 Å². The molecule has 0 radical (unpaired) electrons. The van der Waals surface area contributed by atoms with E-state index in [2.05, 4.69) is 0 Å². The Bertz CT molecular complexity index is 308. The Kier molecular flexibility index (Phi) is 5.22. The Balaban J connectivity index is 0.000000811. The quantitative estimate of drug-likeness (QED) is 0.845. The fraction of sp³-hybridized carbons (Fsp3) is 0.500. The van der Waals surface area contributed by atoms with E-state index in [1.165, 1.54) is 12.1 Å². The number of hydrogen-bond donors (Lipinski definition) is 1. The van der Waals surface area contributed by atoms with Crippen LogP contribution in [-0.2, 0) is 4.74 Å². The Hall–Kier alpha value is -1.13. The largest absolute Gasteiger partial charge is 0.486 e. The van der Waals surface area contributed by atoms with Gasteiger partial charge in [0.25, 0.3) is 0 Å². The van der Waals surface area contributed by atoms with Crippen LogP contribution in [0.1, 0.15) is 15.3 Å². The molecule has 0 bridgehead atoms. The molecule has 0 spiro atoms. The first-order valence-corrected chi connectivity index (χ1v) is 5.51. The summed E-state index contributed by atoms with van der Waals surface area (Å²) in [6.07, 6.45) is -0.125. The van der Waals surface area contributed by atoms with Gasteiger partial charge in [0.15, 0.2) is 0 Å². The monoisotopic (exact) mass is 229 g/mol. The highest BCUT2D eigenvalue weighted by atomic mass is 19.1. The second kappa shape index (κ2) is 6.45. The number of rotatable bonds is 2. The fourth-order valence-corrected chi connectivity index (χ4v) is 1.36. The maximum Gasteiger partial charge on any atom is 0.139 e. The minimum absolute atomic E-state index is 0. The van der Waals surface area contributed by atoms with Crippen molar-refractivity contribution in [1.29, 1.82) is 0 Å². The predicted molar refractivity (Wildman–Crippen MR) is 63.1 cm³/mol. The average molecular weight is 229 g/mol. The van der Waals surface area contributed by atoms with Crippen molar-refractivity contribution in [2.75, 3.05) is 13.2 Å². The Morgan fingerprint density at radius 3 is 2.44 bits per heavy atom. The highest BCUT2D eigenvalue weighted by Gasteiger charge is 2.26. The van der Waals surface area contributed by atoms with E-state index >= 15 is 0 Å². The fourth-order valence-electron chi connectivity index (χ4n) is 1.36. The van der Waals surface area contributed by atoms with Gasteiger partial charge in [0.05, 0.1) is 19.3 Å². The van der Waals surface area contributed by atoms with Crippen LogP contribution in [0.2, 0.25) is 0 Å². The molecular weight excluding hydrogens is 209 g/mol. The van der Waals surface area contributed by atoms with Gasteiger partial charge in [-0.1, -0.05) is 13.8 Å². The second-order valence-electron chi connectivity index (χ2n) is 3.31. The molecule has 1 aliphatic rings. The van der Waals surface area contributed by atoms with E-state index in [4.69, 9.17) is 15.2 Å². The molecule has 2 rings (SSSR count). The van der Waals surface area contributed by atoms with Crippen molar-refractivity contribution >= 4 is 0 Å². The minimum Gasteiger partial charge on any atom is -0.486 e. The minimum atomic E-state index is -0.274. The molecule has 16 heavy (non-hydrogen) atoms. The van der Waals surface area contributed by atoms with Gasteiger partial charge in [0, 0.05) is 1.43 Å². The normalized spacial score (nSPS) is 23.5. The topological polar surface area (TPSA) is 44.5 Å². The van der Waals surface area contributed by atoms with Crippen molar-refractivity contribution in [3.63, 3.8) is 0 Å². The molecule has 0 amide bonds. The highest BCUT2D eigenvalue weighted by molar-refractivity contribution is 5.22. The standard InChI is InChI=1S/C10H12FNO2.C2H6.H2/c11-7-1-3-8(4-2-7)14-10-6-13-5-9(10)12;1-2;/h1-4,9-10H,5-6,12H2;1-2H3;1H/t9-,10-;;/m0../s1. The molecule has 2 atom stereocenters. The third-order valence-corrected chi connectivity index (χ3v) is 2.17. The van der Waals surface area contributed by atoms with Gasteiger partial charge in [-0.15, -0.1) is 0 Å². The maximum atomic E-state index is 12.6. The SMILES string of the molecule is CC.N[C@H]1COC[C@@H]1Oc1ccc(F)cc1.[HH]. The molecule has 1 aromatic carbocycles. The first-order valence-electron chi connectivity index (χ1n) is 5.51. The number of halogens is 1. The van der Waals surface area contributed by atoms with Gasteiger partial charge in [-0.2, -0.15) is 0 Å². The average Bonchev–Trinajstić information content (AvgIpc) is 2.71. The van der Waals surface area contributed by atoms with E-state index in [1.54, 1.807) is 12.1 Å². The number of hydrogen-bond acceptors (Lipinski definition) is 3. The van der Waals surface area contributed by atoms with Crippen molar-refractivity contribution < 1.29 is 15.3 Å². The Morgan fingerprint density at radius 2 is 1.94 bits per heavy atom. The van der Waals surface area contributed by atoms with Crippen molar-refractivity contribution in [3.05, 3.63) is 30.1 Å². The number of nitrogens with two attached hydrogens (primary N) is 1. The van der Waals surface area contributed by atoms with Gasteiger partial charge >= 0.3 is 0 Å². The van der Waals surface area contributed by atoms with Crippen LogP contribution in [0, 0.1) is 5.82 Å². The zero-order chi connectivity index (χ0) is 12.0. The van der Waals surface area contributed by atoms with Gasteiger partial charge in [-0.05, 0) is 24.3 Å². The van der Waals surface area contributed by atoms with Crippen LogP contribution in [0.25, 0.3) is 0 Å². The molecule has 1 saturated heterocycles. The van der Waals surface area contributed by atoms with E-state index in [1.807, 2.05) is 13.8 Å².